The minimum absolute atomic E-state index is 0.0652. The van der Waals surface area contributed by atoms with Crippen LogP contribution in [0.15, 0.2) is 16.7 Å². The molecular weight excluding hydrogens is 280 g/mol. The molecule has 0 atom stereocenters. The lowest BCUT2D eigenvalue weighted by Crippen LogP contribution is -2.17. The van der Waals surface area contributed by atoms with Crippen LogP contribution in [0.4, 0.5) is 5.82 Å². The molecule has 0 bridgehead atoms. The molecule has 0 aliphatic rings. The minimum Gasteiger partial charge on any atom is -0.441 e. The zero-order valence-electron chi connectivity index (χ0n) is 13.6. The van der Waals surface area contributed by atoms with Crippen molar-refractivity contribution in [3.05, 3.63) is 29.6 Å². The monoisotopic (exact) mass is 302 g/mol. The molecule has 2 heterocycles. The van der Waals surface area contributed by atoms with Crippen molar-refractivity contribution in [2.45, 2.75) is 40.0 Å². The van der Waals surface area contributed by atoms with Gasteiger partial charge in [-0.05, 0) is 6.08 Å². The summed E-state index contributed by atoms with van der Waals surface area (Å²) in [6, 6.07) is 1.75. The highest BCUT2D eigenvalue weighted by atomic mass is 16.4. The number of anilines is 1. The van der Waals surface area contributed by atoms with Crippen LogP contribution in [0.1, 0.15) is 52.0 Å². The molecule has 0 saturated carbocycles. The van der Waals surface area contributed by atoms with Crippen LogP contribution in [0.25, 0.3) is 12.2 Å². The van der Waals surface area contributed by atoms with E-state index in [1.54, 1.807) is 24.4 Å². The molecule has 0 aliphatic carbocycles. The van der Waals surface area contributed by atoms with Crippen LogP contribution in [0.3, 0.4) is 0 Å². The van der Waals surface area contributed by atoms with Gasteiger partial charge in [-0.15, -0.1) is 0 Å². The first kappa shape index (κ1) is 16.0. The van der Waals surface area contributed by atoms with Gasteiger partial charge in [-0.25, -0.2) is 4.98 Å². The third-order valence-electron chi connectivity index (χ3n) is 3.04. The summed E-state index contributed by atoms with van der Waals surface area (Å²) in [5.41, 5.74) is 0.691. The van der Waals surface area contributed by atoms with E-state index >= 15 is 0 Å². The van der Waals surface area contributed by atoms with Gasteiger partial charge in [-0.3, -0.25) is 9.89 Å². The second-order valence-corrected chi connectivity index (χ2v) is 6.50. The normalized spacial score (nSPS) is 12.3. The van der Waals surface area contributed by atoms with E-state index < -0.39 is 0 Å². The number of oxazole rings is 1. The van der Waals surface area contributed by atoms with Gasteiger partial charge in [-0.2, -0.15) is 5.10 Å². The Labute approximate surface area is 130 Å². The van der Waals surface area contributed by atoms with Crippen molar-refractivity contribution in [2.24, 2.45) is 5.92 Å². The molecule has 2 aromatic heterocycles. The van der Waals surface area contributed by atoms with Crippen molar-refractivity contribution in [3.8, 4) is 0 Å². The van der Waals surface area contributed by atoms with E-state index in [0.717, 1.165) is 11.5 Å². The highest BCUT2D eigenvalue weighted by molar-refractivity contribution is 5.91. The summed E-state index contributed by atoms with van der Waals surface area (Å²) < 4.78 is 5.67. The number of aromatic amines is 1. The van der Waals surface area contributed by atoms with E-state index in [1.807, 2.05) is 13.8 Å². The van der Waals surface area contributed by atoms with Crippen molar-refractivity contribution >= 4 is 23.9 Å². The molecule has 0 saturated heterocycles. The number of carbonyl (C=O) groups excluding carboxylic acids is 1. The van der Waals surface area contributed by atoms with E-state index in [9.17, 15) is 4.79 Å². The highest BCUT2D eigenvalue weighted by Crippen LogP contribution is 2.23. The average Bonchev–Trinajstić information content (AvgIpc) is 3.04. The maximum absolute atomic E-state index is 11.6. The molecule has 2 rings (SSSR count). The van der Waals surface area contributed by atoms with Crippen LogP contribution < -0.4 is 5.32 Å². The molecule has 118 valence electrons. The molecule has 6 heteroatoms. The summed E-state index contributed by atoms with van der Waals surface area (Å²) >= 11 is 0. The number of nitrogens with one attached hydrogen (secondary N) is 2. The van der Waals surface area contributed by atoms with Crippen LogP contribution in [0.2, 0.25) is 0 Å². The Balaban J connectivity index is 2.03. The fraction of sp³-hybridized carbons (Fsp3) is 0.438. The van der Waals surface area contributed by atoms with Crippen molar-refractivity contribution < 1.29 is 9.21 Å². The Morgan fingerprint density at radius 3 is 2.68 bits per heavy atom. The molecule has 6 nitrogen and oxygen atoms in total. The Kier molecular flexibility index (Phi) is 4.49. The molecule has 0 spiro atoms. The predicted octanol–water partition coefficient (Wildman–Crippen LogP) is 3.46. The number of nitrogens with zero attached hydrogens (tertiary/aromatic N) is 2. The van der Waals surface area contributed by atoms with E-state index in [2.05, 4.69) is 41.3 Å². The number of aromatic nitrogens is 3. The summed E-state index contributed by atoms with van der Waals surface area (Å²) in [4.78, 5) is 15.8. The maximum atomic E-state index is 11.6. The Hall–Kier alpha value is -2.37. The van der Waals surface area contributed by atoms with E-state index in [0.29, 0.717) is 11.7 Å². The highest BCUT2D eigenvalue weighted by Gasteiger charge is 2.18. The van der Waals surface area contributed by atoms with Gasteiger partial charge in [-0.1, -0.05) is 34.6 Å². The van der Waals surface area contributed by atoms with Gasteiger partial charge in [0.05, 0.1) is 11.9 Å². The lowest BCUT2D eigenvalue weighted by Gasteiger charge is -2.12. The fourth-order valence-electron chi connectivity index (χ4n) is 1.63. The Bertz CT molecular complexity index is 674. The lowest BCUT2D eigenvalue weighted by atomic mass is 9.94. The van der Waals surface area contributed by atoms with Gasteiger partial charge in [0.2, 0.25) is 11.8 Å². The van der Waals surface area contributed by atoms with Crippen LogP contribution in [-0.4, -0.2) is 21.1 Å². The topological polar surface area (TPSA) is 83.8 Å². The third kappa shape index (κ3) is 4.07. The van der Waals surface area contributed by atoms with Crippen LogP contribution >= 0.6 is 0 Å². The number of hydrogen-bond donors (Lipinski definition) is 2. The van der Waals surface area contributed by atoms with Crippen molar-refractivity contribution in [1.29, 1.82) is 0 Å². The zero-order chi connectivity index (χ0) is 16.3. The number of H-pyrrole nitrogens is 1. The van der Waals surface area contributed by atoms with Gasteiger partial charge >= 0.3 is 0 Å². The molecule has 22 heavy (non-hydrogen) atoms. The average molecular weight is 302 g/mol. The number of hydrogen-bond acceptors (Lipinski definition) is 4. The second-order valence-electron chi connectivity index (χ2n) is 6.50. The molecule has 0 fully saturated rings. The van der Waals surface area contributed by atoms with Crippen LogP contribution in [-0.2, 0) is 10.2 Å². The quantitative estimate of drug-likeness (QED) is 0.906. The Morgan fingerprint density at radius 1 is 1.36 bits per heavy atom. The molecule has 0 aromatic carbocycles. The van der Waals surface area contributed by atoms with Crippen molar-refractivity contribution in [3.63, 3.8) is 0 Å². The SMILES string of the molecule is CC(C)C(=O)Nc1cc(/C=C/c2ncc(C(C)(C)C)o2)[nH]n1. The summed E-state index contributed by atoms with van der Waals surface area (Å²) in [6.07, 6.45) is 5.30. The molecule has 1 amide bonds. The number of amides is 1. The summed E-state index contributed by atoms with van der Waals surface area (Å²) in [6.45, 7) is 9.87. The molecule has 0 radical (unpaired) electrons. The van der Waals surface area contributed by atoms with Gasteiger partial charge in [0, 0.05) is 23.5 Å². The number of carbonyl (C=O) groups is 1. The molecular formula is C16H22N4O2. The molecule has 0 aliphatic heterocycles. The van der Waals surface area contributed by atoms with Crippen LogP contribution in [0, 0.1) is 5.92 Å². The fourth-order valence-corrected chi connectivity index (χ4v) is 1.63. The smallest absolute Gasteiger partial charge is 0.228 e. The van der Waals surface area contributed by atoms with E-state index in [1.165, 1.54) is 0 Å². The summed E-state index contributed by atoms with van der Waals surface area (Å²) in [5.74, 6) is 1.72. The zero-order valence-corrected chi connectivity index (χ0v) is 13.6. The van der Waals surface area contributed by atoms with E-state index in [-0.39, 0.29) is 17.2 Å². The molecule has 2 aromatic rings. The lowest BCUT2D eigenvalue weighted by molar-refractivity contribution is -0.118. The Morgan fingerprint density at radius 2 is 2.09 bits per heavy atom. The van der Waals surface area contributed by atoms with Gasteiger partial charge in [0.1, 0.15) is 5.76 Å². The van der Waals surface area contributed by atoms with Crippen molar-refractivity contribution in [1.82, 2.24) is 15.2 Å². The van der Waals surface area contributed by atoms with Crippen molar-refractivity contribution in [2.75, 3.05) is 5.32 Å². The minimum atomic E-state index is -0.0844. The largest absolute Gasteiger partial charge is 0.441 e. The molecule has 2 N–H and O–H groups in total. The summed E-state index contributed by atoms with van der Waals surface area (Å²) in [7, 11) is 0. The maximum Gasteiger partial charge on any atom is 0.228 e. The van der Waals surface area contributed by atoms with E-state index in [4.69, 9.17) is 4.42 Å². The third-order valence-corrected chi connectivity index (χ3v) is 3.04. The predicted molar refractivity (Wildman–Crippen MR) is 86.2 cm³/mol. The van der Waals surface area contributed by atoms with Crippen LogP contribution in [0.5, 0.6) is 0 Å². The molecule has 0 unspecified atom stereocenters. The first-order chi connectivity index (χ1) is 10.3. The second kappa shape index (κ2) is 6.17. The van der Waals surface area contributed by atoms with Gasteiger partial charge in [0.25, 0.3) is 0 Å². The van der Waals surface area contributed by atoms with Gasteiger partial charge in [0.15, 0.2) is 5.82 Å². The first-order valence-electron chi connectivity index (χ1n) is 7.26. The summed E-state index contributed by atoms with van der Waals surface area (Å²) in [5, 5.41) is 9.60. The standard InChI is InChI=1S/C16H22N4O2/c1-10(2)15(21)18-13-8-11(19-20-13)6-7-14-17-9-12(22-14)16(3,4)5/h6-10H,1-5H3,(H2,18,19,20,21)/b7-6+. The van der Waals surface area contributed by atoms with Gasteiger partial charge < -0.3 is 9.73 Å². The first-order valence-corrected chi connectivity index (χ1v) is 7.26. The number of rotatable bonds is 4.